The summed E-state index contributed by atoms with van der Waals surface area (Å²) in [6, 6.07) is 4.43. The monoisotopic (exact) mass is 337 g/mol. The van der Waals surface area contributed by atoms with Gasteiger partial charge in [-0.25, -0.2) is 4.79 Å². The van der Waals surface area contributed by atoms with Gasteiger partial charge in [-0.05, 0) is 42.9 Å². The van der Waals surface area contributed by atoms with Crippen molar-refractivity contribution in [2.24, 2.45) is 11.8 Å². The first-order chi connectivity index (χ1) is 11.0. The molecule has 1 aliphatic heterocycles. The minimum atomic E-state index is -0.897. The first kappa shape index (κ1) is 16.1. The number of amides is 1. The van der Waals surface area contributed by atoms with Crippen molar-refractivity contribution in [3.8, 4) is 5.75 Å². The van der Waals surface area contributed by atoms with Crippen LogP contribution in [0.2, 0.25) is 5.02 Å². The van der Waals surface area contributed by atoms with E-state index in [2.05, 4.69) is 0 Å². The zero-order chi connectivity index (χ0) is 16.6. The van der Waals surface area contributed by atoms with Gasteiger partial charge in [-0.2, -0.15) is 0 Å². The van der Waals surface area contributed by atoms with E-state index in [1.54, 1.807) is 18.2 Å². The fourth-order valence-electron chi connectivity index (χ4n) is 4.03. The number of carboxylic acid groups (broad SMARTS) is 1. The number of carbonyl (C=O) groups is 2. The van der Waals surface area contributed by atoms with E-state index in [9.17, 15) is 14.7 Å². The number of ether oxygens (including phenoxy) is 1. The Kier molecular flexibility index (Phi) is 4.48. The summed E-state index contributed by atoms with van der Waals surface area (Å²) in [5.41, 5.74) is 0.686. The van der Waals surface area contributed by atoms with Crippen LogP contribution in [0.1, 0.15) is 24.8 Å². The van der Waals surface area contributed by atoms with Crippen LogP contribution >= 0.6 is 11.6 Å². The third-order valence-corrected chi connectivity index (χ3v) is 5.28. The molecule has 1 N–H and O–H groups in total. The molecule has 0 aromatic heterocycles. The maximum atomic E-state index is 12.7. The van der Waals surface area contributed by atoms with Crippen LogP contribution in [0.4, 0.5) is 0 Å². The minimum Gasteiger partial charge on any atom is -0.496 e. The molecule has 1 aliphatic carbocycles. The minimum absolute atomic E-state index is 0.0951. The second kappa shape index (κ2) is 6.40. The number of rotatable bonds is 4. The Morgan fingerprint density at radius 3 is 2.87 bits per heavy atom. The lowest BCUT2D eigenvalue weighted by atomic mass is 9.94. The van der Waals surface area contributed by atoms with Gasteiger partial charge in [-0.3, -0.25) is 4.79 Å². The molecule has 1 saturated heterocycles. The molecule has 0 bridgehead atoms. The molecule has 1 aromatic rings. The fraction of sp³-hybridized carbons (Fsp3) is 0.529. The lowest BCUT2D eigenvalue weighted by Crippen LogP contribution is -2.44. The normalized spacial score (nSPS) is 26.2. The van der Waals surface area contributed by atoms with Gasteiger partial charge in [0.25, 0.3) is 0 Å². The second-order valence-electron chi connectivity index (χ2n) is 6.32. The van der Waals surface area contributed by atoms with E-state index >= 15 is 0 Å². The number of fused-ring (bicyclic) bond motifs is 1. The smallest absolute Gasteiger partial charge is 0.326 e. The molecule has 23 heavy (non-hydrogen) atoms. The summed E-state index contributed by atoms with van der Waals surface area (Å²) in [7, 11) is 1.54. The van der Waals surface area contributed by atoms with E-state index in [4.69, 9.17) is 16.3 Å². The van der Waals surface area contributed by atoms with Crippen molar-refractivity contribution in [2.45, 2.75) is 31.7 Å². The van der Waals surface area contributed by atoms with Crippen molar-refractivity contribution in [1.82, 2.24) is 4.90 Å². The summed E-state index contributed by atoms with van der Waals surface area (Å²) < 4.78 is 5.27. The standard InChI is InChI=1S/C17H20ClNO4/c1-23-14-6-5-12(18)7-11(14)8-15(20)19-9-10-3-2-4-13(10)16(19)17(21)22/h5-7,10,13,16H,2-4,8-9H2,1H3,(H,21,22). The Labute approximate surface area is 140 Å². The Morgan fingerprint density at radius 1 is 1.39 bits per heavy atom. The highest BCUT2D eigenvalue weighted by atomic mass is 35.5. The Bertz CT molecular complexity index is 633. The Hall–Kier alpha value is -1.75. The van der Waals surface area contributed by atoms with Crippen molar-refractivity contribution < 1.29 is 19.4 Å². The Balaban J connectivity index is 1.80. The van der Waals surface area contributed by atoms with Gasteiger partial charge in [0.1, 0.15) is 11.8 Å². The number of likely N-dealkylation sites (tertiary alicyclic amines) is 1. The summed E-state index contributed by atoms with van der Waals surface area (Å²) >= 11 is 6.00. The second-order valence-corrected chi connectivity index (χ2v) is 6.75. The SMILES string of the molecule is COc1ccc(Cl)cc1CC(=O)N1CC2CCCC2C1C(=O)O. The van der Waals surface area contributed by atoms with Crippen LogP contribution in [0, 0.1) is 11.8 Å². The number of benzene rings is 1. The molecule has 5 nitrogen and oxygen atoms in total. The van der Waals surface area contributed by atoms with Crippen LogP contribution in [0.25, 0.3) is 0 Å². The summed E-state index contributed by atoms with van der Waals surface area (Å²) in [5, 5.41) is 10.1. The number of hydrogen-bond acceptors (Lipinski definition) is 3. The molecular weight excluding hydrogens is 318 g/mol. The number of carbonyl (C=O) groups excluding carboxylic acids is 1. The molecule has 3 unspecified atom stereocenters. The number of hydrogen-bond donors (Lipinski definition) is 1. The molecule has 1 heterocycles. The molecule has 3 atom stereocenters. The molecule has 124 valence electrons. The third kappa shape index (κ3) is 3.02. The van der Waals surface area contributed by atoms with Gasteiger partial charge in [0.2, 0.25) is 5.91 Å². The first-order valence-corrected chi connectivity index (χ1v) is 8.23. The number of carboxylic acids is 1. The van der Waals surface area contributed by atoms with Gasteiger partial charge < -0.3 is 14.7 Å². The van der Waals surface area contributed by atoms with Crippen LogP contribution in [0.5, 0.6) is 5.75 Å². The van der Waals surface area contributed by atoms with Gasteiger partial charge >= 0.3 is 5.97 Å². The van der Waals surface area contributed by atoms with Gasteiger partial charge in [0.05, 0.1) is 13.5 Å². The van der Waals surface area contributed by atoms with Gasteiger partial charge in [-0.15, -0.1) is 0 Å². The summed E-state index contributed by atoms with van der Waals surface area (Å²) in [6.45, 7) is 0.545. The largest absolute Gasteiger partial charge is 0.496 e. The van der Waals surface area contributed by atoms with Crippen LogP contribution < -0.4 is 4.74 Å². The predicted molar refractivity (Wildman–Crippen MR) is 85.7 cm³/mol. The van der Waals surface area contributed by atoms with E-state index < -0.39 is 12.0 Å². The lowest BCUT2D eigenvalue weighted by Gasteiger charge is -2.24. The molecule has 6 heteroatoms. The first-order valence-electron chi connectivity index (χ1n) is 7.86. The van der Waals surface area contributed by atoms with E-state index in [0.717, 1.165) is 19.3 Å². The van der Waals surface area contributed by atoms with Gasteiger partial charge in [0, 0.05) is 17.1 Å². The van der Waals surface area contributed by atoms with Crippen LogP contribution in [-0.2, 0) is 16.0 Å². The van der Waals surface area contributed by atoms with Crippen molar-refractivity contribution in [3.63, 3.8) is 0 Å². The van der Waals surface area contributed by atoms with E-state index in [-0.39, 0.29) is 18.2 Å². The Morgan fingerprint density at radius 2 is 2.17 bits per heavy atom. The molecule has 1 amide bonds. The molecule has 1 saturated carbocycles. The third-order valence-electron chi connectivity index (χ3n) is 5.05. The predicted octanol–water partition coefficient (Wildman–Crippen LogP) is 2.60. The molecule has 0 radical (unpaired) electrons. The van der Waals surface area contributed by atoms with Gasteiger partial charge in [0.15, 0.2) is 0 Å². The lowest BCUT2D eigenvalue weighted by molar-refractivity contribution is -0.149. The zero-order valence-corrected chi connectivity index (χ0v) is 13.8. The van der Waals surface area contributed by atoms with Crippen LogP contribution in [-0.4, -0.2) is 41.6 Å². The maximum Gasteiger partial charge on any atom is 0.326 e. The highest BCUT2D eigenvalue weighted by molar-refractivity contribution is 6.30. The molecular formula is C17H20ClNO4. The van der Waals surface area contributed by atoms with E-state index in [0.29, 0.717) is 28.8 Å². The summed E-state index contributed by atoms with van der Waals surface area (Å²) in [5.74, 6) is -0.0637. The summed E-state index contributed by atoms with van der Waals surface area (Å²) in [4.78, 5) is 25.9. The molecule has 2 fully saturated rings. The molecule has 0 spiro atoms. The van der Waals surface area contributed by atoms with Crippen LogP contribution in [0.15, 0.2) is 18.2 Å². The van der Waals surface area contributed by atoms with E-state index in [1.807, 2.05) is 0 Å². The highest BCUT2D eigenvalue weighted by Crippen LogP contribution is 2.42. The van der Waals surface area contributed by atoms with E-state index in [1.165, 1.54) is 12.0 Å². The molecule has 2 aliphatic rings. The van der Waals surface area contributed by atoms with Crippen molar-refractivity contribution in [1.29, 1.82) is 0 Å². The quantitative estimate of drug-likeness (QED) is 0.917. The van der Waals surface area contributed by atoms with Crippen molar-refractivity contribution in [3.05, 3.63) is 28.8 Å². The average molecular weight is 338 g/mol. The summed E-state index contributed by atoms with van der Waals surface area (Å²) in [6.07, 6.45) is 3.07. The van der Waals surface area contributed by atoms with Crippen LogP contribution in [0.3, 0.4) is 0 Å². The average Bonchev–Trinajstić information content (AvgIpc) is 3.07. The molecule has 1 aromatic carbocycles. The van der Waals surface area contributed by atoms with Gasteiger partial charge in [-0.1, -0.05) is 18.0 Å². The topological polar surface area (TPSA) is 66.8 Å². The number of methoxy groups -OCH3 is 1. The van der Waals surface area contributed by atoms with Crippen molar-refractivity contribution >= 4 is 23.5 Å². The molecule has 3 rings (SSSR count). The fourth-order valence-corrected chi connectivity index (χ4v) is 4.22. The number of aliphatic carboxylic acids is 1. The highest BCUT2D eigenvalue weighted by Gasteiger charge is 2.49. The zero-order valence-electron chi connectivity index (χ0n) is 13.0. The number of nitrogens with zero attached hydrogens (tertiary/aromatic N) is 1. The maximum absolute atomic E-state index is 12.7. The number of halogens is 1. The van der Waals surface area contributed by atoms with Crippen molar-refractivity contribution in [2.75, 3.05) is 13.7 Å².